The van der Waals surface area contributed by atoms with Gasteiger partial charge in [-0.1, -0.05) is 83.6 Å². The number of carbonyl (C=O) groups is 1. The number of nitrogens with one attached hydrogen (secondary N) is 1. The summed E-state index contributed by atoms with van der Waals surface area (Å²) in [4.78, 5) is 15.9. The zero-order valence-corrected chi connectivity index (χ0v) is 21.0. The summed E-state index contributed by atoms with van der Waals surface area (Å²) in [5, 5.41) is 4.17. The molecule has 2 saturated carbocycles. The van der Waals surface area contributed by atoms with Crippen LogP contribution in [0.15, 0.2) is 24.3 Å². The maximum absolute atomic E-state index is 13.7. The van der Waals surface area contributed by atoms with Crippen molar-refractivity contribution in [2.75, 3.05) is 19.7 Å². The van der Waals surface area contributed by atoms with Crippen molar-refractivity contribution < 1.29 is 9.53 Å². The first-order valence-electron chi connectivity index (χ1n) is 14.0. The largest absolute Gasteiger partial charge is 0.494 e. The number of hydrogen-bond acceptors (Lipinski definition) is 3. The zero-order valence-electron chi connectivity index (χ0n) is 21.0. The van der Waals surface area contributed by atoms with E-state index in [0.717, 1.165) is 37.4 Å². The molecule has 0 unspecified atom stereocenters. The van der Waals surface area contributed by atoms with Crippen LogP contribution in [0.1, 0.15) is 120 Å². The van der Waals surface area contributed by atoms with Crippen LogP contribution in [-0.4, -0.2) is 41.6 Å². The number of ether oxygens (including phenoxy) is 1. The van der Waals surface area contributed by atoms with Crippen molar-refractivity contribution in [3.63, 3.8) is 0 Å². The van der Waals surface area contributed by atoms with E-state index in [2.05, 4.69) is 17.1 Å². The molecule has 0 aromatic heterocycles. The van der Waals surface area contributed by atoms with Crippen LogP contribution in [0.25, 0.3) is 0 Å². The number of rotatable bonds is 9. The minimum Gasteiger partial charge on any atom is -0.494 e. The Balaban J connectivity index is 1.39. The first kappa shape index (κ1) is 24.6. The summed E-state index contributed by atoms with van der Waals surface area (Å²) in [6, 6.07) is 7.93. The van der Waals surface area contributed by atoms with E-state index in [4.69, 9.17) is 4.74 Å². The molecule has 4 heteroatoms. The van der Waals surface area contributed by atoms with Crippen LogP contribution in [0, 0.1) is 0 Å². The number of nitrogens with zero attached hydrogens (tertiary/aromatic N) is 1. The molecule has 0 atom stereocenters. The average Bonchev–Trinajstić information content (AvgIpc) is 2.84. The number of amides is 1. The van der Waals surface area contributed by atoms with Crippen LogP contribution in [0.4, 0.5) is 0 Å². The molecule has 3 aliphatic rings. The van der Waals surface area contributed by atoms with Crippen LogP contribution in [-0.2, 0) is 0 Å². The number of piperazine rings is 1. The quantitative estimate of drug-likeness (QED) is 0.414. The second kappa shape index (κ2) is 11.7. The van der Waals surface area contributed by atoms with E-state index >= 15 is 0 Å². The fourth-order valence-corrected chi connectivity index (χ4v) is 6.57. The number of benzene rings is 1. The van der Waals surface area contributed by atoms with E-state index in [1.165, 1.54) is 96.3 Å². The Kier molecular flexibility index (Phi) is 8.73. The molecule has 1 saturated heterocycles. The highest BCUT2D eigenvalue weighted by Crippen LogP contribution is 2.40. The van der Waals surface area contributed by atoms with Crippen molar-refractivity contribution in [1.82, 2.24) is 10.2 Å². The zero-order chi connectivity index (χ0) is 23.0. The first-order chi connectivity index (χ1) is 16.1. The van der Waals surface area contributed by atoms with Gasteiger partial charge in [-0.2, -0.15) is 0 Å². The highest BCUT2D eigenvalue weighted by Gasteiger charge is 2.48. The van der Waals surface area contributed by atoms with Gasteiger partial charge in [0.1, 0.15) is 5.75 Å². The average molecular weight is 455 g/mol. The minimum absolute atomic E-state index is 0.120. The molecule has 2 spiro atoms. The van der Waals surface area contributed by atoms with E-state index in [0.29, 0.717) is 0 Å². The van der Waals surface area contributed by atoms with Gasteiger partial charge in [-0.25, -0.2) is 0 Å². The summed E-state index contributed by atoms with van der Waals surface area (Å²) in [7, 11) is 0. The highest BCUT2D eigenvalue weighted by atomic mass is 16.5. The lowest BCUT2D eigenvalue weighted by atomic mass is 9.72. The molecular weight excluding hydrogens is 408 g/mol. The smallest absolute Gasteiger partial charge is 0.254 e. The fraction of sp³-hybridized carbons (Fsp3) is 0.759. The third-order valence-corrected chi connectivity index (χ3v) is 8.27. The lowest BCUT2D eigenvalue weighted by molar-refractivity contribution is 0.00700. The van der Waals surface area contributed by atoms with E-state index in [-0.39, 0.29) is 17.0 Å². The van der Waals surface area contributed by atoms with Gasteiger partial charge >= 0.3 is 0 Å². The number of hydrogen-bond donors (Lipinski definition) is 1. The highest BCUT2D eigenvalue weighted by molar-refractivity contribution is 5.94. The molecule has 184 valence electrons. The van der Waals surface area contributed by atoms with E-state index in [1.807, 2.05) is 24.3 Å². The van der Waals surface area contributed by atoms with Crippen LogP contribution in [0.5, 0.6) is 5.75 Å². The van der Waals surface area contributed by atoms with Gasteiger partial charge in [0.2, 0.25) is 0 Å². The van der Waals surface area contributed by atoms with Crippen LogP contribution in [0.2, 0.25) is 0 Å². The second-order valence-corrected chi connectivity index (χ2v) is 11.1. The predicted octanol–water partition coefficient (Wildman–Crippen LogP) is 6.88. The van der Waals surface area contributed by atoms with Gasteiger partial charge in [0, 0.05) is 29.7 Å². The van der Waals surface area contributed by atoms with Crippen molar-refractivity contribution >= 4 is 5.91 Å². The molecule has 3 fully saturated rings. The van der Waals surface area contributed by atoms with Crippen molar-refractivity contribution in [2.45, 2.75) is 121 Å². The van der Waals surface area contributed by atoms with Crippen molar-refractivity contribution in [3.8, 4) is 5.75 Å². The van der Waals surface area contributed by atoms with Gasteiger partial charge in [0.25, 0.3) is 5.91 Å². The van der Waals surface area contributed by atoms with Gasteiger partial charge in [-0.15, -0.1) is 0 Å². The Hall–Kier alpha value is -1.55. The summed E-state index contributed by atoms with van der Waals surface area (Å²) in [5.41, 5.74) is 1.03. The summed E-state index contributed by atoms with van der Waals surface area (Å²) < 4.78 is 6.03. The van der Waals surface area contributed by atoms with Gasteiger partial charge in [-0.05, 0) is 50.3 Å². The lowest BCUT2D eigenvalue weighted by Gasteiger charge is -2.56. The third-order valence-electron chi connectivity index (χ3n) is 8.27. The van der Waals surface area contributed by atoms with Gasteiger partial charge in [0.15, 0.2) is 0 Å². The van der Waals surface area contributed by atoms with Crippen LogP contribution in [0.3, 0.4) is 0 Å². The molecule has 0 bridgehead atoms. The summed E-state index contributed by atoms with van der Waals surface area (Å²) in [6.45, 7) is 4.71. The topological polar surface area (TPSA) is 41.6 Å². The SMILES string of the molecule is CCCCCCCCOc1cccc(C(=O)N2CC3(CCCCC3)NC3(CCCCC3)C2)c1. The number of carbonyl (C=O) groups excluding carboxylic acids is 1. The number of unbranched alkanes of at least 4 members (excludes halogenated alkanes) is 5. The molecule has 1 aromatic carbocycles. The van der Waals surface area contributed by atoms with Gasteiger partial charge in [-0.3, -0.25) is 4.79 Å². The molecule has 4 rings (SSSR count). The Morgan fingerprint density at radius 1 is 0.879 bits per heavy atom. The van der Waals surface area contributed by atoms with Crippen LogP contribution >= 0.6 is 0 Å². The molecule has 1 heterocycles. The maximum atomic E-state index is 13.7. The molecule has 1 aliphatic heterocycles. The summed E-state index contributed by atoms with van der Waals surface area (Å²) in [6.07, 6.45) is 20.2. The van der Waals surface area contributed by atoms with Crippen molar-refractivity contribution in [1.29, 1.82) is 0 Å². The summed E-state index contributed by atoms with van der Waals surface area (Å²) >= 11 is 0. The molecule has 1 aromatic rings. The third kappa shape index (κ3) is 6.53. The van der Waals surface area contributed by atoms with Crippen molar-refractivity contribution in [3.05, 3.63) is 29.8 Å². The lowest BCUT2D eigenvalue weighted by Crippen LogP contribution is -2.72. The Labute approximate surface area is 201 Å². The molecule has 4 nitrogen and oxygen atoms in total. The molecule has 1 amide bonds. The molecule has 33 heavy (non-hydrogen) atoms. The Morgan fingerprint density at radius 3 is 2.12 bits per heavy atom. The minimum atomic E-state index is 0.120. The first-order valence-corrected chi connectivity index (χ1v) is 14.0. The monoisotopic (exact) mass is 454 g/mol. The van der Waals surface area contributed by atoms with Gasteiger partial charge < -0.3 is 15.0 Å². The normalized spacial score (nSPS) is 21.9. The molecular formula is C29H46N2O2. The molecule has 2 aliphatic carbocycles. The standard InChI is InChI=1S/C29H46N2O2/c1-2-3-4-5-6-13-21-33-26-16-14-15-25(22-26)27(32)31-23-28(17-9-7-10-18-28)30-29(24-31)19-11-8-12-20-29/h14-16,22,30H,2-13,17-21,23-24H2,1H3. The summed E-state index contributed by atoms with van der Waals surface area (Å²) in [5.74, 6) is 1.03. The Morgan fingerprint density at radius 2 is 1.48 bits per heavy atom. The van der Waals surface area contributed by atoms with Gasteiger partial charge in [0.05, 0.1) is 6.61 Å². The van der Waals surface area contributed by atoms with E-state index in [1.54, 1.807) is 0 Å². The molecule has 0 radical (unpaired) electrons. The maximum Gasteiger partial charge on any atom is 0.254 e. The molecule has 1 N–H and O–H groups in total. The Bertz CT molecular complexity index is 724. The van der Waals surface area contributed by atoms with E-state index < -0.39 is 0 Å². The van der Waals surface area contributed by atoms with E-state index in [9.17, 15) is 4.79 Å². The van der Waals surface area contributed by atoms with Crippen LogP contribution < -0.4 is 10.1 Å². The fourth-order valence-electron chi connectivity index (χ4n) is 6.57. The predicted molar refractivity (Wildman–Crippen MR) is 136 cm³/mol. The van der Waals surface area contributed by atoms with Crippen molar-refractivity contribution in [2.24, 2.45) is 0 Å². The second-order valence-electron chi connectivity index (χ2n) is 11.1.